The van der Waals surface area contributed by atoms with Crippen molar-refractivity contribution in [2.75, 3.05) is 7.11 Å². The van der Waals surface area contributed by atoms with E-state index in [0.717, 1.165) is 11.0 Å². The molecule has 25 heteroatoms. The highest BCUT2D eigenvalue weighted by Crippen LogP contribution is 2.37. The Balaban J connectivity index is 0.000000164. The average molecular weight is 1210 g/mol. The zero-order valence-electron chi connectivity index (χ0n) is 44.1. The molecule has 0 spiro atoms. The van der Waals surface area contributed by atoms with E-state index >= 15 is 0 Å². The van der Waals surface area contributed by atoms with E-state index in [1.54, 1.807) is 66.7 Å². The summed E-state index contributed by atoms with van der Waals surface area (Å²) in [6.07, 6.45) is 0. The van der Waals surface area contributed by atoms with Gasteiger partial charge in [0.2, 0.25) is 17.5 Å². The number of nitrogens with zero attached hydrogens (tertiary/aromatic N) is 6. The Morgan fingerprint density at radius 2 is 0.711 bits per heavy atom. The molecule has 10 rings (SSSR count). The number of carbonyl (C=O) groups excluding carboxylic acids is 1. The molecule has 17 nitrogen and oxygen atoms in total. The maximum atomic E-state index is 12.9. The summed E-state index contributed by atoms with van der Waals surface area (Å²) in [5.74, 6) is -1.60. The first kappa shape index (κ1) is 61.9. The largest absolute Gasteiger partial charge is 0.494 e. The van der Waals surface area contributed by atoms with Crippen molar-refractivity contribution in [3.05, 3.63) is 219 Å². The van der Waals surface area contributed by atoms with Crippen molar-refractivity contribution in [1.29, 1.82) is 0 Å². The number of aromatic carboxylic acids is 2. The summed E-state index contributed by atoms with van der Waals surface area (Å²) in [4.78, 5) is 55.2. The number of carbonyl (C=O) groups is 3. The average Bonchev–Trinajstić information content (AvgIpc) is 3.06. The van der Waals surface area contributed by atoms with Crippen LogP contribution in [-0.2, 0) is 14.0 Å². The fraction of sp³-hybridized carbons (Fsp3) is 0.121. The Morgan fingerprint density at radius 1 is 0.434 bits per heavy atom. The third kappa shape index (κ3) is 17.9. The fourth-order valence-corrected chi connectivity index (χ4v) is 7.66. The molecule has 424 valence electrons. The van der Waals surface area contributed by atoms with E-state index < -0.39 is 23.7 Å². The molecule has 1 aliphatic heterocycles. The predicted octanol–water partition coefficient (Wildman–Crippen LogP) is 14.3. The number of carboxylic acids is 2. The summed E-state index contributed by atoms with van der Waals surface area (Å²) >= 11 is 22.6. The Bertz CT molecular complexity index is 3680. The Kier molecular flexibility index (Phi) is 20.8. The van der Waals surface area contributed by atoms with Crippen LogP contribution in [0.3, 0.4) is 0 Å². The first-order valence-electron chi connectivity index (χ1n) is 24.2. The molecule has 0 atom stereocenters. The van der Waals surface area contributed by atoms with E-state index in [9.17, 15) is 27.6 Å². The highest BCUT2D eigenvalue weighted by molar-refractivity contribution is 6.62. The van der Waals surface area contributed by atoms with Crippen LogP contribution >= 0.6 is 46.4 Å². The second kappa shape index (κ2) is 27.9. The van der Waals surface area contributed by atoms with Crippen LogP contribution < -0.4 is 19.7 Å². The molecule has 9 aromatic rings. The molecule has 1 fully saturated rings. The van der Waals surface area contributed by atoms with Crippen LogP contribution in [0.15, 0.2) is 164 Å². The van der Waals surface area contributed by atoms with Gasteiger partial charge in [-0.1, -0.05) is 58.5 Å². The van der Waals surface area contributed by atoms with Crippen molar-refractivity contribution in [3.8, 4) is 57.0 Å². The lowest BCUT2D eigenvalue weighted by Gasteiger charge is -2.32. The highest BCUT2D eigenvalue weighted by Gasteiger charge is 2.51. The molecule has 1 saturated heterocycles. The van der Waals surface area contributed by atoms with Crippen LogP contribution in [0.5, 0.6) is 34.5 Å². The van der Waals surface area contributed by atoms with Crippen LogP contribution in [0.1, 0.15) is 59.6 Å². The molecule has 0 radical (unpaired) electrons. The number of ether oxygens (including phenoxy) is 4. The quantitative estimate of drug-likeness (QED) is 0.0659. The van der Waals surface area contributed by atoms with Gasteiger partial charge in [0.25, 0.3) is 0 Å². The second-order valence-corrected chi connectivity index (χ2v) is 19.7. The summed E-state index contributed by atoms with van der Waals surface area (Å²) in [5.41, 5.74) is 2.47. The first-order chi connectivity index (χ1) is 39.4. The lowest BCUT2D eigenvalue weighted by Crippen LogP contribution is -2.41. The van der Waals surface area contributed by atoms with Gasteiger partial charge in [-0.2, -0.15) is 0 Å². The van der Waals surface area contributed by atoms with Gasteiger partial charge in [-0.05, 0) is 167 Å². The molecule has 6 aromatic carbocycles. The first-order valence-corrected chi connectivity index (χ1v) is 25.7. The van der Waals surface area contributed by atoms with Crippen molar-refractivity contribution in [3.63, 3.8) is 0 Å². The third-order valence-corrected chi connectivity index (χ3v) is 12.4. The standard InChI is InChI=1S/C18H20BFO3.C18H12ClFN2O3.C17H10ClFN2O3.C5H2Cl2N2O2/c1-17(2)18(3,4)23-19(22-17)13-5-9-15(10-6-13)21-16-11-7-14(20)8-12-16;1-24-18(23)17-21-15(10-16(19)22-17)11-2-6-13(7-3-11)25-14-8-4-12(20)5-9-14;18-15-9-14(20-16(21-15)17(22)23)10-1-5-12(6-2-10)24-13-7-3-11(19)4-8-13;6-2-1-3(7)9-4(8-2)5(10)11/h5-12H,1-4H3;2-10H,1H3;1-9H,(H,22,23);1H,(H,10,11). The lowest BCUT2D eigenvalue weighted by molar-refractivity contribution is 0.00578. The topological polar surface area (TPSA) is 224 Å². The number of benzene rings is 6. The molecule has 0 unspecified atom stereocenters. The molecule has 0 amide bonds. The summed E-state index contributed by atoms with van der Waals surface area (Å²) in [6.45, 7) is 8.11. The zero-order chi connectivity index (χ0) is 60.0. The van der Waals surface area contributed by atoms with Gasteiger partial charge in [0, 0.05) is 29.3 Å². The number of rotatable bonds is 12. The van der Waals surface area contributed by atoms with Crippen LogP contribution in [-0.4, -0.2) is 83.5 Å². The molecule has 0 saturated carbocycles. The molecule has 0 bridgehead atoms. The second-order valence-electron chi connectivity index (χ2n) is 18.1. The van der Waals surface area contributed by atoms with Gasteiger partial charge in [0.1, 0.15) is 72.6 Å². The van der Waals surface area contributed by atoms with Gasteiger partial charge >= 0.3 is 25.0 Å². The number of carboxylic acid groups (broad SMARTS) is 2. The van der Waals surface area contributed by atoms with Crippen LogP contribution in [0.25, 0.3) is 22.5 Å². The minimum absolute atomic E-state index is 0.0161. The molecule has 3 aromatic heterocycles. The van der Waals surface area contributed by atoms with Gasteiger partial charge in [0.15, 0.2) is 0 Å². The maximum absolute atomic E-state index is 12.9. The zero-order valence-corrected chi connectivity index (χ0v) is 47.1. The molecule has 4 heterocycles. The smallest absolute Gasteiger partial charge is 0.475 e. The van der Waals surface area contributed by atoms with Crippen LogP contribution in [0.4, 0.5) is 13.2 Å². The van der Waals surface area contributed by atoms with Gasteiger partial charge in [-0.15, -0.1) is 0 Å². The van der Waals surface area contributed by atoms with Crippen molar-refractivity contribution < 1.29 is 66.0 Å². The van der Waals surface area contributed by atoms with Crippen molar-refractivity contribution in [1.82, 2.24) is 29.9 Å². The lowest BCUT2D eigenvalue weighted by atomic mass is 9.79. The number of halogens is 7. The third-order valence-electron chi connectivity index (χ3n) is 11.7. The van der Waals surface area contributed by atoms with E-state index in [0.29, 0.717) is 51.4 Å². The molecule has 0 aliphatic carbocycles. The summed E-state index contributed by atoms with van der Waals surface area (Å²) in [6, 6.07) is 42.9. The van der Waals surface area contributed by atoms with E-state index in [1.807, 2.05) is 52.0 Å². The minimum Gasteiger partial charge on any atom is -0.475 e. The molecular weight excluding hydrogens is 1170 g/mol. The fourth-order valence-electron chi connectivity index (χ4n) is 6.87. The SMILES string of the molecule is CC1(C)OB(c2ccc(Oc3ccc(F)cc3)cc2)OC1(C)C.COC(=O)c1nc(Cl)cc(-c2ccc(Oc3ccc(F)cc3)cc2)n1.O=C(O)c1nc(Cl)cc(-c2ccc(Oc3ccc(F)cc3)cc2)n1.O=C(O)c1nc(Cl)cc(Cl)n1. The van der Waals surface area contributed by atoms with Gasteiger partial charge < -0.3 is 38.5 Å². The Labute approximate surface area is 492 Å². The van der Waals surface area contributed by atoms with Gasteiger partial charge in [-0.3, -0.25) is 0 Å². The van der Waals surface area contributed by atoms with Crippen molar-refractivity contribution in [2.24, 2.45) is 0 Å². The van der Waals surface area contributed by atoms with Gasteiger partial charge in [0.05, 0.1) is 29.7 Å². The summed E-state index contributed by atoms with van der Waals surface area (Å²) in [7, 11) is 0.855. The normalized spacial score (nSPS) is 12.7. The molecular formula is C58H44BCl4F3N6O11. The number of esters is 1. The number of hydrogen-bond acceptors (Lipinski definition) is 15. The summed E-state index contributed by atoms with van der Waals surface area (Å²) < 4.78 is 72.2. The minimum atomic E-state index is -1.26. The van der Waals surface area contributed by atoms with Crippen LogP contribution in [0.2, 0.25) is 20.6 Å². The predicted molar refractivity (Wildman–Crippen MR) is 304 cm³/mol. The molecule has 2 N–H and O–H groups in total. The van der Waals surface area contributed by atoms with Crippen LogP contribution in [0, 0.1) is 17.5 Å². The van der Waals surface area contributed by atoms with Crippen molar-refractivity contribution >= 4 is 76.9 Å². The molecule has 1 aliphatic rings. The number of aromatic nitrogens is 6. The summed E-state index contributed by atoms with van der Waals surface area (Å²) in [5, 5.41) is 17.6. The number of methoxy groups -OCH3 is 1. The Morgan fingerprint density at radius 3 is 1.04 bits per heavy atom. The highest BCUT2D eigenvalue weighted by atomic mass is 35.5. The van der Waals surface area contributed by atoms with E-state index in [-0.39, 0.29) is 68.0 Å². The van der Waals surface area contributed by atoms with E-state index in [4.69, 9.17) is 80.1 Å². The van der Waals surface area contributed by atoms with E-state index in [1.165, 1.54) is 79.9 Å². The monoisotopic (exact) mass is 1210 g/mol. The number of hydrogen-bond donors (Lipinski definition) is 2. The van der Waals surface area contributed by atoms with Crippen molar-refractivity contribution in [2.45, 2.75) is 38.9 Å². The maximum Gasteiger partial charge on any atom is 0.494 e. The van der Waals surface area contributed by atoms with E-state index in [2.05, 4.69) is 34.6 Å². The van der Waals surface area contributed by atoms with Gasteiger partial charge in [-0.25, -0.2) is 57.5 Å². The Hall–Kier alpha value is -8.70. The molecule has 83 heavy (non-hydrogen) atoms.